The van der Waals surface area contributed by atoms with Crippen LogP contribution in [0.2, 0.25) is 0 Å². The molecular formula is C22H27FN2O4. The van der Waals surface area contributed by atoms with E-state index < -0.39 is 17.8 Å². The Morgan fingerprint density at radius 3 is 2.38 bits per heavy atom. The molecule has 0 bridgehead atoms. The summed E-state index contributed by atoms with van der Waals surface area (Å²) in [6.45, 7) is 3.77. The van der Waals surface area contributed by atoms with Crippen LogP contribution < -0.4 is 14.8 Å². The van der Waals surface area contributed by atoms with E-state index >= 15 is 0 Å². The molecule has 0 heterocycles. The van der Waals surface area contributed by atoms with Gasteiger partial charge < -0.3 is 19.7 Å². The van der Waals surface area contributed by atoms with Gasteiger partial charge in [-0.2, -0.15) is 0 Å². The zero-order chi connectivity index (χ0) is 21.2. The van der Waals surface area contributed by atoms with Gasteiger partial charge in [-0.25, -0.2) is 4.39 Å². The van der Waals surface area contributed by atoms with Crippen molar-refractivity contribution in [2.24, 2.45) is 0 Å². The van der Waals surface area contributed by atoms with E-state index in [4.69, 9.17) is 9.47 Å². The molecule has 0 saturated carbocycles. The summed E-state index contributed by atoms with van der Waals surface area (Å²) in [7, 11) is 1.56. The van der Waals surface area contributed by atoms with Crippen molar-refractivity contribution >= 4 is 11.8 Å². The van der Waals surface area contributed by atoms with E-state index in [2.05, 4.69) is 5.32 Å². The fourth-order valence-corrected chi connectivity index (χ4v) is 2.69. The number of carbonyl (C=O) groups is 2. The highest BCUT2D eigenvalue weighted by Crippen LogP contribution is 2.18. The molecule has 0 aliphatic carbocycles. The molecule has 156 valence electrons. The Kier molecular flexibility index (Phi) is 8.45. The van der Waals surface area contributed by atoms with Crippen molar-refractivity contribution in [3.63, 3.8) is 0 Å². The van der Waals surface area contributed by atoms with Crippen LogP contribution in [0.15, 0.2) is 48.5 Å². The van der Waals surface area contributed by atoms with Gasteiger partial charge in [-0.3, -0.25) is 9.59 Å². The molecule has 0 saturated heterocycles. The first-order chi connectivity index (χ1) is 14.0. The Labute approximate surface area is 170 Å². The summed E-state index contributed by atoms with van der Waals surface area (Å²) in [6, 6.07) is 12.2. The number of hydrogen-bond donors (Lipinski definition) is 1. The minimum absolute atomic E-state index is 0.0296. The fourth-order valence-electron chi connectivity index (χ4n) is 2.69. The smallest absolute Gasteiger partial charge is 0.261 e. The van der Waals surface area contributed by atoms with Crippen LogP contribution in [0.3, 0.4) is 0 Å². The maximum absolute atomic E-state index is 14.1. The lowest BCUT2D eigenvalue weighted by Crippen LogP contribution is -2.49. The van der Waals surface area contributed by atoms with Crippen molar-refractivity contribution in [3.8, 4) is 11.5 Å². The van der Waals surface area contributed by atoms with Crippen molar-refractivity contribution in [3.05, 3.63) is 59.9 Å². The molecule has 2 aromatic rings. The Balaban J connectivity index is 2.12. The van der Waals surface area contributed by atoms with Gasteiger partial charge in [-0.05, 0) is 43.7 Å². The number of ether oxygens (including phenoxy) is 2. The number of rotatable bonds is 10. The number of nitrogens with one attached hydrogen (secondary N) is 1. The fraction of sp³-hybridized carbons (Fsp3) is 0.364. The summed E-state index contributed by atoms with van der Waals surface area (Å²) in [4.78, 5) is 26.6. The second-order valence-corrected chi connectivity index (χ2v) is 6.54. The molecule has 2 rings (SSSR count). The molecule has 0 spiro atoms. The van der Waals surface area contributed by atoms with E-state index in [0.717, 1.165) is 6.42 Å². The first kappa shape index (κ1) is 22.2. The maximum atomic E-state index is 14.1. The number of benzene rings is 2. The summed E-state index contributed by atoms with van der Waals surface area (Å²) in [6.07, 6.45) is 0.778. The minimum atomic E-state index is -0.770. The molecule has 0 aliphatic rings. The number of nitrogens with zero attached hydrogens (tertiary/aromatic N) is 1. The first-order valence-corrected chi connectivity index (χ1v) is 9.53. The monoisotopic (exact) mass is 402 g/mol. The van der Waals surface area contributed by atoms with Gasteiger partial charge in [-0.15, -0.1) is 0 Å². The van der Waals surface area contributed by atoms with Crippen LogP contribution in [-0.4, -0.2) is 43.0 Å². The van der Waals surface area contributed by atoms with Crippen molar-refractivity contribution < 1.29 is 23.5 Å². The molecular weight excluding hydrogens is 375 g/mol. The van der Waals surface area contributed by atoms with Crippen molar-refractivity contribution in [2.45, 2.75) is 32.9 Å². The third-order valence-corrected chi connectivity index (χ3v) is 4.44. The van der Waals surface area contributed by atoms with E-state index in [-0.39, 0.29) is 19.1 Å². The maximum Gasteiger partial charge on any atom is 0.261 e. The summed E-state index contributed by atoms with van der Waals surface area (Å²) in [5.74, 6) is 0.0332. The number of carbonyl (C=O) groups excluding carboxylic acids is 2. The highest BCUT2D eigenvalue weighted by atomic mass is 19.1. The lowest BCUT2D eigenvalue weighted by atomic mass is 10.1. The van der Waals surface area contributed by atoms with Crippen LogP contribution in [0.4, 0.5) is 4.39 Å². The molecule has 2 aromatic carbocycles. The molecule has 7 heteroatoms. The summed E-state index contributed by atoms with van der Waals surface area (Å²) < 4.78 is 24.8. The van der Waals surface area contributed by atoms with Gasteiger partial charge in [0.15, 0.2) is 6.61 Å². The molecule has 1 unspecified atom stereocenters. The Hall–Kier alpha value is -3.09. The van der Waals surface area contributed by atoms with Gasteiger partial charge in [0.1, 0.15) is 23.4 Å². The van der Waals surface area contributed by atoms with Crippen molar-refractivity contribution in [1.29, 1.82) is 0 Å². The van der Waals surface area contributed by atoms with Gasteiger partial charge in [-0.1, -0.05) is 25.1 Å². The van der Waals surface area contributed by atoms with Crippen LogP contribution in [0.1, 0.15) is 25.8 Å². The van der Waals surface area contributed by atoms with E-state index in [1.807, 2.05) is 6.92 Å². The van der Waals surface area contributed by atoms with Crippen LogP contribution in [0.5, 0.6) is 11.5 Å². The molecule has 1 atom stereocenters. The highest BCUT2D eigenvalue weighted by Gasteiger charge is 2.27. The standard InChI is InChI=1S/C22H27FN2O4/c1-4-13-24-22(27)16(2)25(14-17-7-5-6-8-20(17)23)21(26)15-29-19-11-9-18(28-3)10-12-19/h5-12,16H,4,13-15H2,1-3H3,(H,24,27). The Morgan fingerprint density at radius 1 is 1.10 bits per heavy atom. The van der Waals surface area contributed by atoms with Gasteiger partial charge in [0, 0.05) is 18.7 Å². The van der Waals surface area contributed by atoms with E-state index in [0.29, 0.717) is 23.6 Å². The SMILES string of the molecule is CCCNC(=O)C(C)N(Cc1ccccc1F)C(=O)COc1ccc(OC)cc1. The predicted molar refractivity (Wildman–Crippen MR) is 108 cm³/mol. The van der Waals surface area contributed by atoms with Crippen LogP contribution in [0.25, 0.3) is 0 Å². The van der Waals surface area contributed by atoms with E-state index in [9.17, 15) is 14.0 Å². The number of methoxy groups -OCH3 is 1. The molecule has 6 nitrogen and oxygen atoms in total. The Morgan fingerprint density at radius 2 is 1.76 bits per heavy atom. The summed E-state index contributed by atoms with van der Waals surface area (Å²) in [5, 5.41) is 2.77. The lowest BCUT2D eigenvalue weighted by Gasteiger charge is -2.28. The number of halogens is 1. The van der Waals surface area contributed by atoms with Gasteiger partial charge in [0.2, 0.25) is 5.91 Å². The molecule has 1 N–H and O–H groups in total. The quantitative estimate of drug-likeness (QED) is 0.663. The Bertz CT molecular complexity index is 811. The number of hydrogen-bond acceptors (Lipinski definition) is 4. The largest absolute Gasteiger partial charge is 0.497 e. The van der Waals surface area contributed by atoms with Crippen LogP contribution in [-0.2, 0) is 16.1 Å². The topological polar surface area (TPSA) is 67.9 Å². The second kappa shape index (κ2) is 11.0. The summed E-state index contributed by atoms with van der Waals surface area (Å²) >= 11 is 0. The molecule has 29 heavy (non-hydrogen) atoms. The highest BCUT2D eigenvalue weighted by molar-refractivity contribution is 5.87. The zero-order valence-corrected chi connectivity index (χ0v) is 17.0. The van der Waals surface area contributed by atoms with Crippen LogP contribution >= 0.6 is 0 Å². The summed E-state index contributed by atoms with van der Waals surface area (Å²) in [5.41, 5.74) is 0.334. The molecule has 2 amide bonds. The van der Waals surface area contributed by atoms with Crippen LogP contribution in [0, 0.1) is 5.82 Å². The predicted octanol–water partition coefficient (Wildman–Crippen LogP) is 3.16. The molecule has 0 aliphatic heterocycles. The average molecular weight is 402 g/mol. The number of amides is 2. The third kappa shape index (κ3) is 6.48. The molecule has 0 fully saturated rings. The van der Waals surface area contributed by atoms with Crippen molar-refractivity contribution in [2.75, 3.05) is 20.3 Å². The van der Waals surface area contributed by atoms with Gasteiger partial charge in [0.25, 0.3) is 5.91 Å². The van der Waals surface area contributed by atoms with Gasteiger partial charge >= 0.3 is 0 Å². The van der Waals surface area contributed by atoms with E-state index in [1.54, 1.807) is 56.5 Å². The molecule has 0 radical (unpaired) electrons. The molecule has 0 aromatic heterocycles. The lowest BCUT2D eigenvalue weighted by molar-refractivity contribution is -0.142. The first-order valence-electron chi connectivity index (χ1n) is 9.53. The van der Waals surface area contributed by atoms with E-state index in [1.165, 1.54) is 11.0 Å². The second-order valence-electron chi connectivity index (χ2n) is 6.54. The van der Waals surface area contributed by atoms with Crippen molar-refractivity contribution in [1.82, 2.24) is 10.2 Å². The average Bonchev–Trinajstić information content (AvgIpc) is 2.75. The zero-order valence-electron chi connectivity index (χ0n) is 17.0. The normalized spacial score (nSPS) is 11.4. The van der Waals surface area contributed by atoms with Gasteiger partial charge in [0.05, 0.1) is 7.11 Å². The minimum Gasteiger partial charge on any atom is -0.497 e. The third-order valence-electron chi connectivity index (χ3n) is 4.44.